The number of rotatable bonds is 6. The molecule has 8 heteroatoms. The van der Waals surface area contributed by atoms with Crippen LogP contribution in [-0.4, -0.2) is 64.7 Å². The molecule has 0 aromatic heterocycles. The van der Waals surface area contributed by atoms with Crippen LogP contribution in [0.4, 0.5) is 0 Å². The first-order valence-electron chi connectivity index (χ1n) is 10.4. The molecule has 4 rings (SSSR count). The number of halogens is 1. The molecule has 2 aromatic rings. The highest BCUT2D eigenvalue weighted by Crippen LogP contribution is 2.37. The van der Waals surface area contributed by atoms with Crippen LogP contribution in [0, 0.1) is 0 Å². The molecule has 2 saturated heterocycles. The molecule has 5 atom stereocenters. The summed E-state index contributed by atoms with van der Waals surface area (Å²) in [5.74, 6) is -1.06. The Kier molecular flexibility index (Phi) is 6.83. The van der Waals surface area contributed by atoms with Crippen molar-refractivity contribution in [1.29, 1.82) is 0 Å². The molecule has 31 heavy (non-hydrogen) atoms. The van der Waals surface area contributed by atoms with Crippen LogP contribution in [-0.2, 0) is 21.7 Å². The molecule has 2 heterocycles. The largest absolute Gasteiger partial charge is 0.488 e. The first-order chi connectivity index (χ1) is 14.9. The number of ether oxygens (including phenoxy) is 3. The van der Waals surface area contributed by atoms with Crippen LogP contribution in [0.5, 0.6) is 5.75 Å². The lowest BCUT2D eigenvalue weighted by atomic mass is 9.89. The lowest BCUT2D eigenvalue weighted by Gasteiger charge is -2.42. The van der Waals surface area contributed by atoms with Crippen molar-refractivity contribution in [3.8, 4) is 5.75 Å². The van der Waals surface area contributed by atoms with Crippen LogP contribution in [0.15, 0.2) is 42.5 Å². The molecule has 0 radical (unpaired) electrons. The van der Waals surface area contributed by atoms with E-state index in [0.717, 1.165) is 29.9 Å². The van der Waals surface area contributed by atoms with Gasteiger partial charge in [0.05, 0.1) is 25.9 Å². The van der Waals surface area contributed by atoms with Gasteiger partial charge in [-0.05, 0) is 41.8 Å². The second-order valence-electron chi connectivity index (χ2n) is 8.12. The number of aliphatic hydroxyl groups excluding tert-OH is 3. The Balaban J connectivity index is 1.50. The predicted molar refractivity (Wildman–Crippen MR) is 113 cm³/mol. The molecule has 0 aliphatic carbocycles. The Morgan fingerprint density at radius 1 is 1.13 bits per heavy atom. The third-order valence-corrected chi connectivity index (χ3v) is 6.16. The van der Waals surface area contributed by atoms with Crippen LogP contribution in [0.25, 0.3) is 0 Å². The van der Waals surface area contributed by atoms with E-state index in [1.54, 1.807) is 18.2 Å². The number of aliphatic hydroxyl groups is 4. The van der Waals surface area contributed by atoms with Gasteiger partial charge in [0.15, 0.2) is 5.79 Å². The smallest absolute Gasteiger partial charge is 0.195 e. The van der Waals surface area contributed by atoms with E-state index in [-0.39, 0.29) is 12.5 Å². The molecule has 0 saturated carbocycles. The van der Waals surface area contributed by atoms with Crippen molar-refractivity contribution in [3.63, 3.8) is 0 Å². The quantitative estimate of drug-likeness (QED) is 0.531. The van der Waals surface area contributed by atoms with Gasteiger partial charge in [0.1, 0.15) is 24.1 Å². The van der Waals surface area contributed by atoms with E-state index >= 15 is 0 Å². The zero-order valence-corrected chi connectivity index (χ0v) is 17.7. The molecular formula is C23H27ClO7. The molecule has 0 spiro atoms. The zero-order valence-electron chi connectivity index (χ0n) is 17.0. The maximum Gasteiger partial charge on any atom is 0.195 e. The Morgan fingerprint density at radius 2 is 1.90 bits per heavy atom. The Labute approximate surface area is 185 Å². The van der Waals surface area contributed by atoms with Crippen molar-refractivity contribution in [2.24, 2.45) is 0 Å². The van der Waals surface area contributed by atoms with E-state index in [4.69, 9.17) is 25.8 Å². The third kappa shape index (κ3) is 5.04. The third-order valence-electron chi connectivity index (χ3n) is 5.79. The van der Waals surface area contributed by atoms with Crippen LogP contribution in [0.1, 0.15) is 29.5 Å². The SMILES string of the molecule is OCC1OC(O)(c2ccc(Cl)c(Cc3ccc(OC4CCOC4)cc3)c2)CC(O)C1O. The molecule has 168 valence electrons. The summed E-state index contributed by atoms with van der Waals surface area (Å²) in [7, 11) is 0. The van der Waals surface area contributed by atoms with Gasteiger partial charge in [-0.2, -0.15) is 0 Å². The molecule has 5 unspecified atom stereocenters. The monoisotopic (exact) mass is 450 g/mol. The zero-order chi connectivity index (χ0) is 22.0. The molecule has 7 nitrogen and oxygen atoms in total. The molecular weight excluding hydrogens is 424 g/mol. The topological polar surface area (TPSA) is 109 Å². The van der Waals surface area contributed by atoms with E-state index in [2.05, 4.69) is 0 Å². The summed E-state index contributed by atoms with van der Waals surface area (Å²) in [4.78, 5) is 0. The lowest BCUT2D eigenvalue weighted by Crippen LogP contribution is -2.54. The van der Waals surface area contributed by atoms with Crippen molar-refractivity contribution < 1.29 is 34.6 Å². The van der Waals surface area contributed by atoms with Gasteiger partial charge in [-0.1, -0.05) is 29.8 Å². The molecule has 0 amide bonds. The maximum atomic E-state index is 11.0. The van der Waals surface area contributed by atoms with Gasteiger partial charge in [0.2, 0.25) is 0 Å². The van der Waals surface area contributed by atoms with E-state index in [9.17, 15) is 20.4 Å². The minimum absolute atomic E-state index is 0.0878. The lowest BCUT2D eigenvalue weighted by molar-refractivity contribution is -0.313. The van der Waals surface area contributed by atoms with Crippen molar-refractivity contribution in [2.45, 2.75) is 49.5 Å². The first kappa shape index (κ1) is 22.5. The molecule has 4 N–H and O–H groups in total. The summed E-state index contributed by atoms with van der Waals surface area (Å²) in [6.07, 6.45) is -2.32. The Hall–Kier alpha value is -1.71. The van der Waals surface area contributed by atoms with E-state index in [1.807, 2.05) is 24.3 Å². The summed E-state index contributed by atoms with van der Waals surface area (Å²) >= 11 is 6.39. The summed E-state index contributed by atoms with van der Waals surface area (Å²) in [5.41, 5.74) is 2.18. The molecule has 0 bridgehead atoms. The van der Waals surface area contributed by atoms with Crippen LogP contribution in [0.3, 0.4) is 0 Å². The Morgan fingerprint density at radius 3 is 2.58 bits per heavy atom. The van der Waals surface area contributed by atoms with E-state index in [0.29, 0.717) is 23.6 Å². The van der Waals surface area contributed by atoms with Crippen molar-refractivity contribution >= 4 is 11.6 Å². The standard InChI is InChI=1S/C23H27ClO7/c24-19-6-3-16(23(28)11-20(26)22(27)21(12-25)31-23)10-15(19)9-14-1-4-17(5-2-14)30-18-7-8-29-13-18/h1-6,10,18,20-22,25-28H,7-9,11-13H2. The number of hydrogen-bond acceptors (Lipinski definition) is 7. The number of benzene rings is 2. The fourth-order valence-electron chi connectivity index (χ4n) is 4.01. The average Bonchev–Trinajstić information content (AvgIpc) is 3.26. The Bertz CT molecular complexity index is 884. The van der Waals surface area contributed by atoms with E-state index in [1.165, 1.54) is 0 Å². The predicted octanol–water partition coefficient (Wildman–Crippen LogP) is 1.75. The molecule has 2 aliphatic heterocycles. The minimum atomic E-state index is -1.84. The van der Waals surface area contributed by atoms with Crippen LogP contribution >= 0.6 is 11.6 Å². The highest BCUT2D eigenvalue weighted by molar-refractivity contribution is 6.31. The van der Waals surface area contributed by atoms with E-state index < -0.39 is 30.7 Å². The van der Waals surface area contributed by atoms with Crippen molar-refractivity contribution in [1.82, 2.24) is 0 Å². The number of hydrogen-bond donors (Lipinski definition) is 4. The molecule has 2 aromatic carbocycles. The fourth-order valence-corrected chi connectivity index (χ4v) is 4.19. The van der Waals surface area contributed by atoms with Crippen molar-refractivity contribution in [3.05, 3.63) is 64.2 Å². The average molecular weight is 451 g/mol. The second-order valence-corrected chi connectivity index (χ2v) is 8.52. The van der Waals surface area contributed by atoms with Gasteiger partial charge in [0.25, 0.3) is 0 Å². The van der Waals surface area contributed by atoms with Gasteiger partial charge < -0.3 is 34.6 Å². The van der Waals surface area contributed by atoms with Crippen molar-refractivity contribution in [2.75, 3.05) is 19.8 Å². The van der Waals surface area contributed by atoms with Gasteiger partial charge >= 0.3 is 0 Å². The molecule has 2 fully saturated rings. The summed E-state index contributed by atoms with van der Waals surface area (Å²) < 4.78 is 16.8. The van der Waals surface area contributed by atoms with Crippen LogP contribution in [0.2, 0.25) is 5.02 Å². The summed E-state index contributed by atoms with van der Waals surface area (Å²) in [5, 5.41) is 41.0. The van der Waals surface area contributed by atoms with Crippen LogP contribution < -0.4 is 4.74 Å². The highest BCUT2D eigenvalue weighted by Gasteiger charge is 2.46. The normalized spacial score (nSPS) is 31.0. The second kappa shape index (κ2) is 9.42. The van der Waals surface area contributed by atoms with Gasteiger partial charge in [-0.25, -0.2) is 0 Å². The minimum Gasteiger partial charge on any atom is -0.488 e. The molecule has 2 aliphatic rings. The van der Waals surface area contributed by atoms with Gasteiger partial charge in [-0.15, -0.1) is 0 Å². The van der Waals surface area contributed by atoms with Gasteiger partial charge in [-0.3, -0.25) is 0 Å². The highest BCUT2D eigenvalue weighted by atomic mass is 35.5. The fraction of sp³-hybridized carbons (Fsp3) is 0.478. The maximum absolute atomic E-state index is 11.0. The summed E-state index contributed by atoms with van der Waals surface area (Å²) in [6.45, 7) is 0.809. The van der Waals surface area contributed by atoms with Gasteiger partial charge in [0, 0.05) is 23.4 Å². The first-order valence-corrected chi connectivity index (χ1v) is 10.7. The summed E-state index contributed by atoms with van der Waals surface area (Å²) in [6, 6.07) is 12.7.